The van der Waals surface area contributed by atoms with Crippen molar-refractivity contribution in [2.24, 2.45) is 0 Å². The van der Waals surface area contributed by atoms with E-state index in [9.17, 15) is 14.9 Å². The van der Waals surface area contributed by atoms with Gasteiger partial charge in [0.05, 0.1) is 16.3 Å². The summed E-state index contributed by atoms with van der Waals surface area (Å²) in [6.45, 7) is 6.10. The van der Waals surface area contributed by atoms with E-state index in [-0.39, 0.29) is 18.0 Å². The standard InChI is InChI=1S/C15H18N4O3/c1-10-4-5-13(19(21)22)9-14(10)16-15(20)6-7-18-12(3)8-11(2)17-18/h4-5,8-9H,6-7H2,1-3H3,(H,16,20). The van der Waals surface area contributed by atoms with E-state index in [1.807, 2.05) is 19.9 Å². The molecule has 0 atom stereocenters. The molecule has 1 heterocycles. The molecule has 0 aliphatic carbocycles. The predicted molar refractivity (Wildman–Crippen MR) is 82.8 cm³/mol. The number of aromatic nitrogens is 2. The SMILES string of the molecule is Cc1cc(C)n(CCC(=O)Nc2cc([N+](=O)[O-])ccc2C)n1. The molecule has 7 nitrogen and oxygen atoms in total. The number of nitro benzene ring substituents is 1. The fourth-order valence-corrected chi connectivity index (χ4v) is 2.18. The number of hydrogen-bond donors (Lipinski definition) is 1. The third-order valence-electron chi connectivity index (χ3n) is 3.36. The van der Waals surface area contributed by atoms with Gasteiger partial charge in [0, 0.05) is 30.8 Å². The molecule has 1 amide bonds. The minimum atomic E-state index is -0.481. The van der Waals surface area contributed by atoms with Crippen LogP contribution in [0.4, 0.5) is 11.4 Å². The van der Waals surface area contributed by atoms with Gasteiger partial charge in [-0.25, -0.2) is 0 Å². The Morgan fingerprint density at radius 1 is 1.32 bits per heavy atom. The van der Waals surface area contributed by atoms with Crippen molar-refractivity contribution in [3.05, 3.63) is 51.3 Å². The number of hydrogen-bond acceptors (Lipinski definition) is 4. The molecule has 0 radical (unpaired) electrons. The van der Waals surface area contributed by atoms with Crippen LogP contribution < -0.4 is 5.32 Å². The van der Waals surface area contributed by atoms with Crippen molar-refractivity contribution in [3.63, 3.8) is 0 Å². The number of aryl methyl sites for hydroxylation is 4. The summed E-state index contributed by atoms with van der Waals surface area (Å²) in [6.07, 6.45) is 0.254. The zero-order valence-electron chi connectivity index (χ0n) is 12.8. The fraction of sp³-hybridized carbons (Fsp3) is 0.333. The third-order valence-corrected chi connectivity index (χ3v) is 3.36. The molecular weight excluding hydrogens is 284 g/mol. The van der Waals surface area contributed by atoms with E-state index in [2.05, 4.69) is 10.4 Å². The van der Waals surface area contributed by atoms with Crippen molar-refractivity contribution in [3.8, 4) is 0 Å². The van der Waals surface area contributed by atoms with E-state index < -0.39 is 4.92 Å². The molecule has 0 bridgehead atoms. The molecule has 22 heavy (non-hydrogen) atoms. The zero-order valence-corrected chi connectivity index (χ0v) is 12.8. The lowest BCUT2D eigenvalue weighted by Gasteiger charge is -2.09. The van der Waals surface area contributed by atoms with Gasteiger partial charge < -0.3 is 5.32 Å². The molecule has 0 unspecified atom stereocenters. The Hall–Kier alpha value is -2.70. The van der Waals surface area contributed by atoms with E-state index in [1.165, 1.54) is 12.1 Å². The maximum atomic E-state index is 12.0. The molecule has 1 N–H and O–H groups in total. The topological polar surface area (TPSA) is 90.1 Å². The number of nitro groups is 1. The first-order chi connectivity index (χ1) is 10.4. The quantitative estimate of drug-likeness (QED) is 0.679. The Labute approximate surface area is 128 Å². The first-order valence-corrected chi connectivity index (χ1v) is 6.93. The molecule has 2 rings (SSSR count). The average molecular weight is 302 g/mol. The molecule has 0 saturated heterocycles. The van der Waals surface area contributed by atoms with Gasteiger partial charge in [0.1, 0.15) is 0 Å². The smallest absolute Gasteiger partial charge is 0.271 e. The number of benzene rings is 1. The summed E-state index contributed by atoms with van der Waals surface area (Å²) in [6, 6.07) is 6.36. The minimum absolute atomic E-state index is 0.0422. The highest BCUT2D eigenvalue weighted by Crippen LogP contribution is 2.22. The highest BCUT2D eigenvalue weighted by atomic mass is 16.6. The van der Waals surface area contributed by atoms with Crippen molar-refractivity contribution in [2.75, 3.05) is 5.32 Å². The van der Waals surface area contributed by atoms with Crippen LogP contribution in [-0.4, -0.2) is 20.6 Å². The van der Waals surface area contributed by atoms with Crippen LogP contribution in [0.2, 0.25) is 0 Å². The van der Waals surface area contributed by atoms with Crippen LogP contribution in [0, 0.1) is 30.9 Å². The van der Waals surface area contributed by atoms with Gasteiger partial charge in [-0.2, -0.15) is 5.10 Å². The Balaban J connectivity index is 2.01. The van der Waals surface area contributed by atoms with Crippen LogP contribution in [0.3, 0.4) is 0 Å². The highest BCUT2D eigenvalue weighted by Gasteiger charge is 2.11. The summed E-state index contributed by atoms with van der Waals surface area (Å²) in [4.78, 5) is 22.3. The molecule has 2 aromatic rings. The molecular formula is C15H18N4O3. The Morgan fingerprint density at radius 2 is 2.05 bits per heavy atom. The number of non-ortho nitro benzene ring substituents is 1. The number of amides is 1. The lowest BCUT2D eigenvalue weighted by Crippen LogP contribution is -2.16. The van der Waals surface area contributed by atoms with E-state index in [0.717, 1.165) is 17.0 Å². The number of nitrogens with one attached hydrogen (secondary N) is 1. The molecule has 1 aromatic heterocycles. The van der Waals surface area contributed by atoms with Crippen LogP contribution in [0.5, 0.6) is 0 Å². The van der Waals surface area contributed by atoms with Crippen molar-refractivity contribution in [2.45, 2.75) is 33.7 Å². The molecule has 7 heteroatoms. The van der Waals surface area contributed by atoms with E-state index in [4.69, 9.17) is 0 Å². The molecule has 1 aromatic carbocycles. The zero-order chi connectivity index (χ0) is 16.3. The van der Waals surface area contributed by atoms with Gasteiger partial charge in [-0.05, 0) is 32.4 Å². The Morgan fingerprint density at radius 3 is 2.64 bits per heavy atom. The number of anilines is 1. The highest BCUT2D eigenvalue weighted by molar-refractivity contribution is 5.91. The normalized spacial score (nSPS) is 10.5. The lowest BCUT2D eigenvalue weighted by atomic mass is 10.2. The number of carbonyl (C=O) groups excluding carboxylic acids is 1. The maximum Gasteiger partial charge on any atom is 0.271 e. The van der Waals surface area contributed by atoms with Crippen molar-refractivity contribution < 1.29 is 9.72 Å². The fourth-order valence-electron chi connectivity index (χ4n) is 2.18. The van der Waals surface area contributed by atoms with Crippen LogP contribution in [0.1, 0.15) is 23.4 Å². The lowest BCUT2D eigenvalue weighted by molar-refractivity contribution is -0.384. The van der Waals surface area contributed by atoms with Gasteiger partial charge >= 0.3 is 0 Å². The molecule has 0 aliphatic heterocycles. The van der Waals surface area contributed by atoms with Gasteiger partial charge in [0.2, 0.25) is 5.91 Å². The second-order valence-electron chi connectivity index (χ2n) is 5.20. The van der Waals surface area contributed by atoms with Crippen LogP contribution in [-0.2, 0) is 11.3 Å². The third kappa shape index (κ3) is 3.69. The van der Waals surface area contributed by atoms with Crippen LogP contribution in [0.15, 0.2) is 24.3 Å². The molecule has 116 valence electrons. The molecule has 0 spiro atoms. The van der Waals surface area contributed by atoms with E-state index in [0.29, 0.717) is 12.2 Å². The second-order valence-corrected chi connectivity index (χ2v) is 5.20. The van der Waals surface area contributed by atoms with Gasteiger partial charge in [-0.3, -0.25) is 19.6 Å². The molecule has 0 saturated carbocycles. The van der Waals surface area contributed by atoms with Crippen molar-refractivity contribution >= 4 is 17.3 Å². The Kier molecular flexibility index (Phi) is 4.55. The minimum Gasteiger partial charge on any atom is -0.326 e. The van der Waals surface area contributed by atoms with E-state index >= 15 is 0 Å². The summed E-state index contributed by atoms with van der Waals surface area (Å²) in [5.74, 6) is -0.198. The van der Waals surface area contributed by atoms with E-state index in [1.54, 1.807) is 17.7 Å². The summed E-state index contributed by atoms with van der Waals surface area (Å²) >= 11 is 0. The second kappa shape index (κ2) is 6.38. The van der Waals surface area contributed by atoms with Gasteiger partial charge in [-0.15, -0.1) is 0 Å². The Bertz CT molecular complexity index is 722. The molecule has 0 fully saturated rings. The average Bonchev–Trinajstić information content (AvgIpc) is 2.77. The summed E-state index contributed by atoms with van der Waals surface area (Å²) in [5, 5.41) is 17.8. The first kappa shape index (κ1) is 15.7. The summed E-state index contributed by atoms with van der Waals surface area (Å²) in [5.41, 5.74) is 3.11. The summed E-state index contributed by atoms with van der Waals surface area (Å²) in [7, 11) is 0. The van der Waals surface area contributed by atoms with Gasteiger partial charge in [0.25, 0.3) is 5.69 Å². The number of nitrogens with zero attached hydrogens (tertiary/aromatic N) is 3. The number of carbonyl (C=O) groups is 1. The van der Waals surface area contributed by atoms with Crippen LogP contribution >= 0.6 is 0 Å². The first-order valence-electron chi connectivity index (χ1n) is 6.93. The largest absolute Gasteiger partial charge is 0.326 e. The van der Waals surface area contributed by atoms with Gasteiger partial charge in [-0.1, -0.05) is 6.07 Å². The molecule has 0 aliphatic rings. The van der Waals surface area contributed by atoms with Crippen molar-refractivity contribution in [1.82, 2.24) is 9.78 Å². The monoisotopic (exact) mass is 302 g/mol. The van der Waals surface area contributed by atoms with Crippen LogP contribution in [0.25, 0.3) is 0 Å². The summed E-state index contributed by atoms with van der Waals surface area (Å²) < 4.78 is 1.77. The number of rotatable bonds is 5. The van der Waals surface area contributed by atoms with Gasteiger partial charge in [0.15, 0.2) is 0 Å². The predicted octanol–water partition coefficient (Wildman–Crippen LogP) is 2.75. The van der Waals surface area contributed by atoms with Crippen molar-refractivity contribution in [1.29, 1.82) is 0 Å². The maximum absolute atomic E-state index is 12.0.